The van der Waals surface area contributed by atoms with Gasteiger partial charge in [-0.15, -0.1) is 0 Å². The number of nitrogens with one attached hydrogen (secondary N) is 1. The van der Waals surface area contributed by atoms with E-state index in [1.54, 1.807) is 19.5 Å². The zero-order valence-electron chi connectivity index (χ0n) is 17.0. The van der Waals surface area contributed by atoms with Crippen LogP contribution in [0.4, 0.5) is 5.82 Å². The van der Waals surface area contributed by atoms with Crippen LogP contribution in [0, 0.1) is 0 Å². The molecular weight excluding hydrogens is 362 g/mol. The fraction of sp³-hybridized carbons (Fsp3) is 0.261. The van der Waals surface area contributed by atoms with Gasteiger partial charge in [0.05, 0.1) is 19.0 Å². The van der Waals surface area contributed by atoms with Crippen molar-refractivity contribution in [2.75, 3.05) is 19.0 Å². The van der Waals surface area contributed by atoms with Gasteiger partial charge in [0, 0.05) is 36.6 Å². The summed E-state index contributed by atoms with van der Waals surface area (Å²) in [6.07, 6.45) is 6.32. The van der Waals surface area contributed by atoms with Crippen molar-refractivity contribution < 1.29 is 4.74 Å². The normalized spacial score (nSPS) is 11.2. The minimum absolute atomic E-state index is 0.426. The SMILES string of the molecule is COc1ccc(C(C)C)cc1-c1cc(NCCc2cccnc2)n2nccc2n1. The molecule has 0 aliphatic carbocycles. The predicted octanol–water partition coefficient (Wildman–Crippen LogP) is 4.58. The Balaban J connectivity index is 1.69. The molecule has 0 spiro atoms. The molecule has 3 aromatic heterocycles. The van der Waals surface area contributed by atoms with E-state index in [2.05, 4.69) is 47.4 Å². The summed E-state index contributed by atoms with van der Waals surface area (Å²) in [5, 5.41) is 7.91. The van der Waals surface area contributed by atoms with Crippen LogP contribution in [-0.4, -0.2) is 33.2 Å². The third-order valence-corrected chi connectivity index (χ3v) is 4.97. The molecule has 29 heavy (non-hydrogen) atoms. The Morgan fingerprint density at radius 1 is 1.10 bits per heavy atom. The van der Waals surface area contributed by atoms with Gasteiger partial charge >= 0.3 is 0 Å². The van der Waals surface area contributed by atoms with Gasteiger partial charge in [-0.2, -0.15) is 9.61 Å². The molecular formula is C23H25N5O. The van der Waals surface area contributed by atoms with Crippen LogP contribution in [0.3, 0.4) is 0 Å². The van der Waals surface area contributed by atoms with Crippen LogP contribution in [-0.2, 0) is 6.42 Å². The molecule has 0 saturated heterocycles. The van der Waals surface area contributed by atoms with Crippen molar-refractivity contribution in [3.63, 3.8) is 0 Å². The zero-order valence-corrected chi connectivity index (χ0v) is 17.0. The van der Waals surface area contributed by atoms with Crippen LogP contribution in [0.5, 0.6) is 5.75 Å². The minimum Gasteiger partial charge on any atom is -0.496 e. The third-order valence-electron chi connectivity index (χ3n) is 4.97. The number of hydrogen-bond acceptors (Lipinski definition) is 5. The minimum atomic E-state index is 0.426. The second-order valence-electron chi connectivity index (χ2n) is 7.28. The van der Waals surface area contributed by atoms with Crippen LogP contribution in [0.1, 0.15) is 30.9 Å². The Morgan fingerprint density at radius 2 is 2.00 bits per heavy atom. The summed E-state index contributed by atoms with van der Waals surface area (Å²) in [5.41, 5.74) is 5.08. The van der Waals surface area contributed by atoms with E-state index in [0.29, 0.717) is 5.92 Å². The number of aromatic nitrogens is 4. The smallest absolute Gasteiger partial charge is 0.157 e. The number of hydrogen-bond donors (Lipinski definition) is 1. The highest BCUT2D eigenvalue weighted by Crippen LogP contribution is 2.33. The number of pyridine rings is 1. The van der Waals surface area contributed by atoms with Crippen molar-refractivity contribution in [2.24, 2.45) is 0 Å². The zero-order chi connectivity index (χ0) is 20.2. The number of ether oxygens (including phenoxy) is 1. The summed E-state index contributed by atoms with van der Waals surface area (Å²) in [5.74, 6) is 2.14. The van der Waals surface area contributed by atoms with E-state index in [0.717, 1.165) is 41.4 Å². The van der Waals surface area contributed by atoms with Gasteiger partial charge in [-0.05, 0) is 41.7 Å². The van der Waals surface area contributed by atoms with Crippen molar-refractivity contribution in [3.05, 3.63) is 72.2 Å². The fourth-order valence-electron chi connectivity index (χ4n) is 3.34. The van der Waals surface area contributed by atoms with E-state index >= 15 is 0 Å². The summed E-state index contributed by atoms with van der Waals surface area (Å²) in [7, 11) is 1.69. The molecule has 1 N–H and O–H groups in total. The molecule has 0 radical (unpaired) electrons. The topological polar surface area (TPSA) is 64.3 Å². The molecule has 1 aromatic carbocycles. The first-order chi connectivity index (χ1) is 14.2. The second-order valence-corrected chi connectivity index (χ2v) is 7.28. The van der Waals surface area contributed by atoms with Gasteiger partial charge in [0.25, 0.3) is 0 Å². The van der Waals surface area contributed by atoms with Crippen molar-refractivity contribution in [1.82, 2.24) is 19.6 Å². The highest BCUT2D eigenvalue weighted by molar-refractivity contribution is 5.72. The molecule has 148 valence electrons. The van der Waals surface area contributed by atoms with Gasteiger partial charge < -0.3 is 10.1 Å². The molecule has 0 aliphatic rings. The maximum atomic E-state index is 5.62. The number of anilines is 1. The molecule has 0 amide bonds. The molecule has 4 aromatic rings. The van der Waals surface area contributed by atoms with Crippen LogP contribution in [0.2, 0.25) is 0 Å². The van der Waals surface area contributed by atoms with Gasteiger partial charge in [-0.25, -0.2) is 4.98 Å². The lowest BCUT2D eigenvalue weighted by Gasteiger charge is -2.15. The first-order valence-electron chi connectivity index (χ1n) is 9.81. The van der Waals surface area contributed by atoms with E-state index < -0.39 is 0 Å². The average Bonchev–Trinajstić information content (AvgIpc) is 3.23. The average molecular weight is 387 g/mol. The van der Waals surface area contributed by atoms with Gasteiger partial charge in [0.2, 0.25) is 0 Å². The Labute approximate surface area is 170 Å². The monoisotopic (exact) mass is 387 g/mol. The van der Waals surface area contributed by atoms with Crippen LogP contribution >= 0.6 is 0 Å². The lowest BCUT2D eigenvalue weighted by molar-refractivity contribution is 0.416. The van der Waals surface area contributed by atoms with Crippen molar-refractivity contribution in [2.45, 2.75) is 26.2 Å². The number of rotatable bonds is 7. The van der Waals surface area contributed by atoms with E-state index in [1.807, 2.05) is 35.0 Å². The number of nitrogens with zero attached hydrogens (tertiary/aromatic N) is 4. The molecule has 6 nitrogen and oxygen atoms in total. The molecule has 0 fully saturated rings. The summed E-state index contributed by atoms with van der Waals surface area (Å²) < 4.78 is 7.44. The van der Waals surface area contributed by atoms with E-state index in [1.165, 1.54) is 11.1 Å². The fourth-order valence-corrected chi connectivity index (χ4v) is 3.34. The lowest BCUT2D eigenvalue weighted by atomic mass is 9.98. The summed E-state index contributed by atoms with van der Waals surface area (Å²) >= 11 is 0. The molecule has 4 rings (SSSR count). The summed E-state index contributed by atoms with van der Waals surface area (Å²) in [6.45, 7) is 5.14. The number of benzene rings is 1. The Bertz CT molecular complexity index is 1100. The highest BCUT2D eigenvalue weighted by Gasteiger charge is 2.14. The van der Waals surface area contributed by atoms with Crippen LogP contribution < -0.4 is 10.1 Å². The quantitative estimate of drug-likeness (QED) is 0.503. The molecule has 6 heteroatoms. The molecule has 0 bridgehead atoms. The Hall–Kier alpha value is -3.41. The highest BCUT2D eigenvalue weighted by atomic mass is 16.5. The third kappa shape index (κ3) is 4.06. The molecule has 0 atom stereocenters. The number of methoxy groups -OCH3 is 1. The van der Waals surface area contributed by atoms with Crippen molar-refractivity contribution >= 4 is 11.5 Å². The second kappa shape index (κ2) is 8.31. The van der Waals surface area contributed by atoms with E-state index in [9.17, 15) is 0 Å². The van der Waals surface area contributed by atoms with Crippen molar-refractivity contribution in [1.29, 1.82) is 0 Å². The van der Waals surface area contributed by atoms with Gasteiger partial charge in [0.1, 0.15) is 11.6 Å². The summed E-state index contributed by atoms with van der Waals surface area (Å²) in [4.78, 5) is 8.99. The van der Waals surface area contributed by atoms with E-state index in [4.69, 9.17) is 9.72 Å². The summed E-state index contributed by atoms with van der Waals surface area (Å²) in [6, 6.07) is 14.3. The standard InChI is InChI=1S/C23H25N5O/c1-16(2)18-6-7-21(29-3)19(13-18)20-14-23(28-22(27-20)9-12-26-28)25-11-8-17-5-4-10-24-15-17/h4-7,9-10,12-16,25H,8,11H2,1-3H3. The van der Waals surface area contributed by atoms with Gasteiger partial charge in [0.15, 0.2) is 5.65 Å². The first-order valence-corrected chi connectivity index (χ1v) is 9.81. The van der Waals surface area contributed by atoms with Crippen LogP contribution in [0.25, 0.3) is 16.9 Å². The predicted molar refractivity (Wildman–Crippen MR) is 115 cm³/mol. The molecule has 0 unspecified atom stereocenters. The van der Waals surface area contributed by atoms with Crippen molar-refractivity contribution in [3.8, 4) is 17.0 Å². The first kappa shape index (κ1) is 18.9. The molecule has 3 heterocycles. The van der Waals surface area contributed by atoms with Gasteiger partial charge in [-0.3, -0.25) is 4.98 Å². The van der Waals surface area contributed by atoms with Gasteiger partial charge in [-0.1, -0.05) is 26.0 Å². The van der Waals surface area contributed by atoms with Crippen LogP contribution in [0.15, 0.2) is 61.1 Å². The Kier molecular flexibility index (Phi) is 5.42. The largest absolute Gasteiger partial charge is 0.496 e. The maximum Gasteiger partial charge on any atom is 0.157 e. The van der Waals surface area contributed by atoms with E-state index in [-0.39, 0.29) is 0 Å². The Morgan fingerprint density at radius 3 is 2.76 bits per heavy atom. The molecule has 0 saturated carbocycles. The number of fused-ring (bicyclic) bond motifs is 1. The molecule has 0 aliphatic heterocycles. The lowest BCUT2D eigenvalue weighted by Crippen LogP contribution is -2.10. The maximum absolute atomic E-state index is 5.62.